The van der Waals surface area contributed by atoms with Gasteiger partial charge in [0, 0.05) is 38.4 Å². The number of aliphatic hydroxyl groups is 1. The van der Waals surface area contributed by atoms with Gasteiger partial charge in [-0.3, -0.25) is 4.90 Å². The van der Waals surface area contributed by atoms with E-state index in [1.807, 2.05) is 30.3 Å². The van der Waals surface area contributed by atoms with Crippen LogP contribution in [0.25, 0.3) is 0 Å². The van der Waals surface area contributed by atoms with Gasteiger partial charge in [0.15, 0.2) is 0 Å². The van der Waals surface area contributed by atoms with Gasteiger partial charge < -0.3 is 10.0 Å². The van der Waals surface area contributed by atoms with Crippen LogP contribution < -0.4 is 4.90 Å². The first kappa shape index (κ1) is 15.7. The van der Waals surface area contributed by atoms with Crippen molar-refractivity contribution < 1.29 is 5.11 Å². The minimum atomic E-state index is -0.705. The Kier molecular flexibility index (Phi) is 4.30. The first-order valence-electron chi connectivity index (χ1n) is 9.08. The maximum atomic E-state index is 11.0. The first-order valence-corrected chi connectivity index (χ1v) is 9.08. The summed E-state index contributed by atoms with van der Waals surface area (Å²) in [6, 6.07) is 18.9. The molecule has 2 aliphatic heterocycles. The lowest BCUT2D eigenvalue weighted by Crippen LogP contribution is -2.31. The van der Waals surface area contributed by atoms with E-state index in [0.29, 0.717) is 6.54 Å². The Hall–Kier alpha value is -1.84. The number of rotatable bonds is 4. The zero-order chi connectivity index (χ0) is 16.4. The van der Waals surface area contributed by atoms with E-state index in [1.165, 1.54) is 37.2 Å². The highest BCUT2D eigenvalue weighted by atomic mass is 16.3. The third-order valence-electron chi connectivity index (χ3n) is 5.47. The highest BCUT2D eigenvalue weighted by Crippen LogP contribution is 2.34. The van der Waals surface area contributed by atoms with Crippen LogP contribution in [0.5, 0.6) is 0 Å². The van der Waals surface area contributed by atoms with Crippen molar-refractivity contribution in [3.63, 3.8) is 0 Å². The van der Waals surface area contributed by atoms with Crippen LogP contribution in [0.2, 0.25) is 0 Å². The highest BCUT2D eigenvalue weighted by Gasteiger charge is 2.37. The van der Waals surface area contributed by atoms with Gasteiger partial charge >= 0.3 is 0 Å². The minimum absolute atomic E-state index is 0.705. The molecule has 2 aliphatic rings. The maximum Gasteiger partial charge on any atom is 0.103 e. The molecule has 0 bridgehead atoms. The van der Waals surface area contributed by atoms with Crippen molar-refractivity contribution in [1.29, 1.82) is 0 Å². The van der Waals surface area contributed by atoms with Gasteiger partial charge in [-0.25, -0.2) is 0 Å². The molecule has 3 nitrogen and oxygen atoms in total. The van der Waals surface area contributed by atoms with Crippen molar-refractivity contribution in [3.05, 3.63) is 65.7 Å². The Morgan fingerprint density at radius 3 is 2.38 bits per heavy atom. The number of benzene rings is 2. The lowest BCUT2D eigenvalue weighted by Gasteiger charge is -2.26. The van der Waals surface area contributed by atoms with E-state index in [-0.39, 0.29) is 0 Å². The fourth-order valence-electron chi connectivity index (χ4n) is 4.14. The molecule has 2 fully saturated rings. The summed E-state index contributed by atoms with van der Waals surface area (Å²) >= 11 is 0. The second-order valence-electron chi connectivity index (χ2n) is 7.18. The second-order valence-corrected chi connectivity index (χ2v) is 7.18. The number of nitrogens with zero attached hydrogens (tertiary/aromatic N) is 2. The SMILES string of the molecule is OC1(c2ccccc2)CCN(Cc2ccccc2N2CCCC2)C1. The lowest BCUT2D eigenvalue weighted by atomic mass is 9.93. The molecule has 2 aromatic carbocycles. The lowest BCUT2D eigenvalue weighted by molar-refractivity contribution is 0.0453. The molecule has 0 spiro atoms. The van der Waals surface area contributed by atoms with Crippen LogP contribution in [-0.4, -0.2) is 36.2 Å². The van der Waals surface area contributed by atoms with Crippen molar-refractivity contribution in [3.8, 4) is 0 Å². The van der Waals surface area contributed by atoms with Gasteiger partial charge in [-0.1, -0.05) is 48.5 Å². The fraction of sp³-hybridized carbons (Fsp3) is 0.429. The molecule has 24 heavy (non-hydrogen) atoms. The molecule has 1 atom stereocenters. The predicted octanol–water partition coefficient (Wildman–Crippen LogP) is 3.38. The molecule has 1 N–H and O–H groups in total. The van der Waals surface area contributed by atoms with Crippen LogP contribution >= 0.6 is 0 Å². The third-order valence-corrected chi connectivity index (χ3v) is 5.47. The van der Waals surface area contributed by atoms with Gasteiger partial charge in [0.25, 0.3) is 0 Å². The van der Waals surface area contributed by atoms with Gasteiger partial charge in [-0.2, -0.15) is 0 Å². The zero-order valence-corrected chi connectivity index (χ0v) is 14.2. The Balaban J connectivity index is 1.49. The number of β-amino-alcohol motifs (C(OH)–C–C–N with tert-alkyl or cyclic N) is 1. The van der Waals surface area contributed by atoms with E-state index in [0.717, 1.165) is 25.1 Å². The molecule has 0 radical (unpaired) electrons. The average molecular weight is 322 g/mol. The molecule has 0 saturated carbocycles. The summed E-state index contributed by atoms with van der Waals surface area (Å²) in [5.41, 5.74) is 3.10. The van der Waals surface area contributed by atoms with E-state index in [9.17, 15) is 5.11 Å². The monoisotopic (exact) mass is 322 g/mol. The Morgan fingerprint density at radius 2 is 1.58 bits per heavy atom. The van der Waals surface area contributed by atoms with Gasteiger partial charge in [-0.05, 0) is 36.5 Å². The van der Waals surface area contributed by atoms with Crippen molar-refractivity contribution in [2.75, 3.05) is 31.1 Å². The molecule has 2 saturated heterocycles. The number of anilines is 1. The van der Waals surface area contributed by atoms with Crippen molar-refractivity contribution in [1.82, 2.24) is 4.90 Å². The van der Waals surface area contributed by atoms with E-state index in [4.69, 9.17) is 0 Å². The summed E-state index contributed by atoms with van der Waals surface area (Å²) in [6.45, 7) is 4.92. The van der Waals surface area contributed by atoms with Crippen molar-refractivity contribution in [2.45, 2.75) is 31.4 Å². The maximum absolute atomic E-state index is 11.0. The predicted molar refractivity (Wildman–Crippen MR) is 98.1 cm³/mol. The van der Waals surface area contributed by atoms with E-state index >= 15 is 0 Å². The van der Waals surface area contributed by atoms with Crippen LogP contribution in [0, 0.1) is 0 Å². The van der Waals surface area contributed by atoms with Crippen molar-refractivity contribution in [2.24, 2.45) is 0 Å². The number of hydrogen-bond donors (Lipinski definition) is 1. The summed E-state index contributed by atoms with van der Waals surface area (Å²) in [4.78, 5) is 4.90. The normalized spacial score (nSPS) is 24.6. The molecular formula is C21H26N2O. The Labute approximate surface area is 144 Å². The fourth-order valence-corrected chi connectivity index (χ4v) is 4.14. The standard InChI is InChI=1S/C21H26N2O/c24-21(19-9-2-1-3-10-19)12-15-22(17-21)16-18-8-4-5-11-20(18)23-13-6-7-14-23/h1-5,8-11,24H,6-7,12-17H2. The molecule has 0 amide bonds. The zero-order valence-electron chi connectivity index (χ0n) is 14.2. The average Bonchev–Trinajstić information content (AvgIpc) is 3.27. The van der Waals surface area contributed by atoms with E-state index in [1.54, 1.807) is 0 Å². The van der Waals surface area contributed by atoms with Crippen molar-refractivity contribution >= 4 is 5.69 Å². The molecule has 1 unspecified atom stereocenters. The van der Waals surface area contributed by atoms with E-state index in [2.05, 4.69) is 34.1 Å². The smallest absolute Gasteiger partial charge is 0.103 e. The molecule has 2 aromatic rings. The topological polar surface area (TPSA) is 26.7 Å². The summed E-state index contributed by atoms with van der Waals surface area (Å²) in [5, 5.41) is 11.0. The molecule has 3 heteroatoms. The summed E-state index contributed by atoms with van der Waals surface area (Å²) < 4.78 is 0. The Morgan fingerprint density at radius 1 is 0.875 bits per heavy atom. The number of likely N-dealkylation sites (tertiary alicyclic amines) is 1. The van der Waals surface area contributed by atoms with Gasteiger partial charge in [0.05, 0.1) is 0 Å². The number of hydrogen-bond acceptors (Lipinski definition) is 3. The van der Waals surface area contributed by atoms with Gasteiger partial charge in [0.1, 0.15) is 5.60 Å². The van der Waals surface area contributed by atoms with Gasteiger partial charge in [0.2, 0.25) is 0 Å². The Bertz CT molecular complexity index is 681. The van der Waals surface area contributed by atoms with Gasteiger partial charge in [-0.15, -0.1) is 0 Å². The molecule has 0 aliphatic carbocycles. The summed E-state index contributed by atoms with van der Waals surface area (Å²) in [6.07, 6.45) is 3.40. The van der Waals surface area contributed by atoms with Crippen LogP contribution in [0.3, 0.4) is 0 Å². The molecule has 126 valence electrons. The van der Waals surface area contributed by atoms with E-state index < -0.39 is 5.60 Å². The minimum Gasteiger partial charge on any atom is -0.384 e. The third kappa shape index (κ3) is 3.06. The highest BCUT2D eigenvalue weighted by molar-refractivity contribution is 5.54. The summed E-state index contributed by atoms with van der Waals surface area (Å²) in [7, 11) is 0. The molecule has 2 heterocycles. The summed E-state index contributed by atoms with van der Waals surface area (Å²) in [5.74, 6) is 0. The number of para-hydroxylation sites is 1. The first-order chi connectivity index (χ1) is 11.7. The van der Waals surface area contributed by atoms with Crippen LogP contribution in [0.1, 0.15) is 30.4 Å². The second kappa shape index (κ2) is 6.58. The van der Waals surface area contributed by atoms with Crippen LogP contribution in [0.4, 0.5) is 5.69 Å². The molecule has 4 rings (SSSR count). The quantitative estimate of drug-likeness (QED) is 0.935. The largest absolute Gasteiger partial charge is 0.384 e. The molecular weight excluding hydrogens is 296 g/mol. The van der Waals surface area contributed by atoms with Crippen LogP contribution in [0.15, 0.2) is 54.6 Å². The van der Waals surface area contributed by atoms with Crippen LogP contribution in [-0.2, 0) is 12.1 Å². The molecule has 0 aromatic heterocycles.